The lowest BCUT2D eigenvalue weighted by atomic mass is 9.98. The second-order valence-corrected chi connectivity index (χ2v) is 13.3. The summed E-state index contributed by atoms with van der Waals surface area (Å²) in [6, 6.07) is 32.9. The van der Waals surface area contributed by atoms with E-state index in [-0.39, 0.29) is 37.2 Å². The number of ether oxygens (including phenoxy) is 2. The minimum Gasteiger partial charge on any atom is -0.392 e. The Morgan fingerprint density at radius 1 is 0.686 bits per heavy atom. The number of rotatable bonds is 9. The van der Waals surface area contributed by atoms with Crippen molar-refractivity contribution in [3.63, 3.8) is 0 Å². The molecule has 0 bridgehead atoms. The molecule has 5 aromatic rings. The van der Waals surface area contributed by atoms with E-state index >= 15 is 0 Å². The smallest absolute Gasteiger partial charge is 0.261 e. The van der Waals surface area contributed by atoms with Crippen molar-refractivity contribution in [2.45, 2.75) is 38.1 Å². The van der Waals surface area contributed by atoms with Gasteiger partial charge in [0.2, 0.25) is 5.95 Å². The van der Waals surface area contributed by atoms with Crippen LogP contribution in [0.3, 0.4) is 0 Å². The molecule has 3 aliphatic heterocycles. The minimum atomic E-state index is -0.556. The summed E-state index contributed by atoms with van der Waals surface area (Å²) in [7, 11) is 0. The number of nitrogens with zero attached hydrogens (tertiary/aromatic N) is 5. The Bertz CT molecular complexity index is 1960. The highest BCUT2D eigenvalue weighted by molar-refractivity contribution is 6.21. The molecule has 0 spiro atoms. The van der Waals surface area contributed by atoms with E-state index in [1.165, 1.54) is 4.90 Å². The van der Waals surface area contributed by atoms with Crippen LogP contribution in [-0.2, 0) is 22.6 Å². The van der Waals surface area contributed by atoms with Crippen molar-refractivity contribution in [2.75, 3.05) is 37.6 Å². The third kappa shape index (κ3) is 7.04. The molecular weight excluding hydrogens is 642 g/mol. The second-order valence-electron chi connectivity index (χ2n) is 13.3. The summed E-state index contributed by atoms with van der Waals surface area (Å²) < 4.78 is 13.3. The Morgan fingerprint density at radius 3 is 2.06 bits per heavy atom. The first-order valence-corrected chi connectivity index (χ1v) is 17.4. The zero-order valence-corrected chi connectivity index (χ0v) is 28.2. The monoisotopic (exact) mass is 681 g/mol. The molecule has 1 aromatic heterocycles. The van der Waals surface area contributed by atoms with Crippen LogP contribution < -0.4 is 4.90 Å². The minimum absolute atomic E-state index is 0.00180. The van der Waals surface area contributed by atoms with Crippen molar-refractivity contribution in [1.29, 1.82) is 0 Å². The van der Waals surface area contributed by atoms with Crippen LogP contribution in [0, 0.1) is 0 Å². The molecule has 4 heterocycles. The fourth-order valence-electron chi connectivity index (χ4n) is 7.15. The maximum absolute atomic E-state index is 13.0. The van der Waals surface area contributed by atoms with Crippen molar-refractivity contribution in [3.8, 4) is 11.1 Å². The van der Waals surface area contributed by atoms with E-state index in [4.69, 9.17) is 9.47 Å². The van der Waals surface area contributed by atoms with Gasteiger partial charge in [-0.1, -0.05) is 78.9 Å². The molecule has 2 fully saturated rings. The molecule has 0 radical (unpaired) electrons. The number of benzene rings is 4. The van der Waals surface area contributed by atoms with Crippen LogP contribution in [-0.4, -0.2) is 75.5 Å². The molecule has 51 heavy (non-hydrogen) atoms. The molecule has 0 unspecified atom stereocenters. The molecule has 4 aromatic carbocycles. The quantitative estimate of drug-likeness (QED) is 0.193. The van der Waals surface area contributed by atoms with Crippen molar-refractivity contribution < 1.29 is 24.2 Å². The van der Waals surface area contributed by atoms with E-state index in [9.17, 15) is 14.7 Å². The highest BCUT2D eigenvalue weighted by Crippen LogP contribution is 2.39. The molecule has 8 rings (SSSR count). The Morgan fingerprint density at radius 2 is 1.37 bits per heavy atom. The molecule has 10 nitrogen and oxygen atoms in total. The van der Waals surface area contributed by atoms with E-state index in [1.807, 2.05) is 66.7 Å². The van der Waals surface area contributed by atoms with Crippen LogP contribution in [0.4, 0.5) is 5.95 Å². The van der Waals surface area contributed by atoms with Gasteiger partial charge in [0.15, 0.2) is 6.29 Å². The number of aromatic nitrogens is 2. The maximum Gasteiger partial charge on any atom is 0.261 e. The molecule has 2 saturated heterocycles. The van der Waals surface area contributed by atoms with Gasteiger partial charge in [-0.2, -0.15) is 0 Å². The number of fused-ring (bicyclic) bond motifs is 1. The first kappa shape index (κ1) is 32.9. The predicted molar refractivity (Wildman–Crippen MR) is 192 cm³/mol. The van der Waals surface area contributed by atoms with Gasteiger partial charge in [0, 0.05) is 57.1 Å². The number of carbonyl (C=O) groups excluding carboxylic acids is 2. The van der Waals surface area contributed by atoms with E-state index in [0.29, 0.717) is 11.1 Å². The lowest BCUT2D eigenvalue weighted by Crippen LogP contribution is -2.50. The molecule has 3 atom stereocenters. The van der Waals surface area contributed by atoms with Gasteiger partial charge in [-0.15, -0.1) is 0 Å². The third-order valence-electron chi connectivity index (χ3n) is 9.95. The Kier molecular flexibility index (Phi) is 9.38. The largest absolute Gasteiger partial charge is 0.392 e. The zero-order valence-electron chi connectivity index (χ0n) is 28.2. The highest BCUT2D eigenvalue weighted by atomic mass is 16.7. The maximum atomic E-state index is 13.0. The molecule has 3 aliphatic rings. The number of piperazine rings is 1. The first-order valence-electron chi connectivity index (χ1n) is 17.4. The summed E-state index contributed by atoms with van der Waals surface area (Å²) in [5.41, 5.74) is 6.62. The van der Waals surface area contributed by atoms with Crippen LogP contribution in [0.2, 0.25) is 0 Å². The molecule has 258 valence electrons. The van der Waals surface area contributed by atoms with Crippen molar-refractivity contribution in [2.24, 2.45) is 0 Å². The molecule has 0 aliphatic carbocycles. The number of aliphatic hydroxyl groups excluding tert-OH is 1. The van der Waals surface area contributed by atoms with Crippen LogP contribution in [0.1, 0.15) is 61.8 Å². The predicted octanol–water partition coefficient (Wildman–Crippen LogP) is 5.80. The van der Waals surface area contributed by atoms with Crippen LogP contribution in [0.15, 0.2) is 116 Å². The fourth-order valence-corrected chi connectivity index (χ4v) is 7.15. The number of imide groups is 1. The number of hydrogen-bond acceptors (Lipinski definition) is 9. The van der Waals surface area contributed by atoms with Gasteiger partial charge in [-0.25, -0.2) is 9.97 Å². The molecule has 2 amide bonds. The molecular formula is C41H39N5O5. The van der Waals surface area contributed by atoms with Gasteiger partial charge in [-0.05, 0) is 52.1 Å². The average Bonchev–Trinajstić information content (AvgIpc) is 3.43. The van der Waals surface area contributed by atoms with E-state index in [0.717, 1.165) is 78.5 Å². The van der Waals surface area contributed by atoms with Crippen LogP contribution in [0.25, 0.3) is 11.1 Å². The van der Waals surface area contributed by atoms with Gasteiger partial charge in [-0.3, -0.25) is 19.4 Å². The molecule has 1 N–H and O–H groups in total. The first-order chi connectivity index (χ1) is 25.0. The van der Waals surface area contributed by atoms with E-state index < -0.39 is 6.29 Å². The lowest BCUT2D eigenvalue weighted by Gasteiger charge is -2.40. The fraction of sp³-hybridized carbons (Fsp3) is 0.268. The Labute approximate surface area is 296 Å². The number of carbonyl (C=O) groups is 2. The third-order valence-corrected chi connectivity index (χ3v) is 9.95. The second kappa shape index (κ2) is 14.5. The van der Waals surface area contributed by atoms with Gasteiger partial charge in [0.05, 0.1) is 36.5 Å². The van der Waals surface area contributed by atoms with Crippen LogP contribution >= 0.6 is 0 Å². The lowest BCUT2D eigenvalue weighted by molar-refractivity contribution is -0.253. The number of amides is 2. The van der Waals surface area contributed by atoms with Gasteiger partial charge < -0.3 is 19.5 Å². The topological polar surface area (TPSA) is 108 Å². The van der Waals surface area contributed by atoms with Gasteiger partial charge in [0.25, 0.3) is 11.8 Å². The SMILES string of the molecule is O=C1c2ccccc2C(=O)N1Cc1cccc(-c2ccc([C@H]3O[C@@H](CN4CCN(c5ncccn5)CC4)C[C@@H](c4ccc(CO)cc4)O3)cc2)c1. The zero-order chi connectivity index (χ0) is 34.7. The summed E-state index contributed by atoms with van der Waals surface area (Å²) in [6.45, 7) is 4.47. The number of aliphatic hydroxyl groups is 1. The summed E-state index contributed by atoms with van der Waals surface area (Å²) in [6.07, 6.45) is 3.50. The highest BCUT2D eigenvalue weighted by Gasteiger charge is 2.36. The standard InChI is InChI=1S/C41H39N5O5/c47-27-28-9-11-31(12-10-28)37-24-34(26-44-19-21-45(22-20-44)41-42-17-4-18-43-41)50-40(51-37)32-15-13-30(14-16-32)33-6-3-5-29(23-33)25-46-38(48)35-7-1-2-8-36(35)39(46)49/h1-18,23,34,37,40,47H,19-22,24-27H2/t34-,37+,40+/m1/s1. The summed E-state index contributed by atoms with van der Waals surface area (Å²) >= 11 is 0. The average molecular weight is 682 g/mol. The summed E-state index contributed by atoms with van der Waals surface area (Å²) in [5.74, 6) is 0.245. The molecule has 10 heteroatoms. The summed E-state index contributed by atoms with van der Waals surface area (Å²) in [5, 5.41) is 9.59. The Hall–Kier alpha value is -5.26. The number of anilines is 1. The van der Waals surface area contributed by atoms with E-state index in [2.05, 4.69) is 31.9 Å². The Balaban J connectivity index is 0.968. The van der Waals surface area contributed by atoms with Gasteiger partial charge >= 0.3 is 0 Å². The number of hydrogen-bond donors (Lipinski definition) is 1. The summed E-state index contributed by atoms with van der Waals surface area (Å²) in [4.78, 5) is 40.7. The van der Waals surface area contributed by atoms with E-state index in [1.54, 1.807) is 36.7 Å². The van der Waals surface area contributed by atoms with Crippen LogP contribution in [0.5, 0.6) is 0 Å². The van der Waals surface area contributed by atoms with Gasteiger partial charge in [0.1, 0.15) is 0 Å². The normalized spacial score (nSPS) is 20.8. The van der Waals surface area contributed by atoms with Crippen molar-refractivity contribution >= 4 is 17.8 Å². The molecule has 0 saturated carbocycles. The van der Waals surface area contributed by atoms with Crippen molar-refractivity contribution in [1.82, 2.24) is 19.8 Å². The van der Waals surface area contributed by atoms with Crippen molar-refractivity contribution in [3.05, 3.63) is 149 Å².